The number of halogens is 2. The van der Waals surface area contributed by atoms with Gasteiger partial charge in [0.05, 0.1) is 0 Å². The van der Waals surface area contributed by atoms with E-state index in [0.717, 1.165) is 18.7 Å². The molecule has 0 aliphatic carbocycles. The monoisotopic (exact) mass is 427 g/mol. The van der Waals surface area contributed by atoms with Gasteiger partial charge in [0.2, 0.25) is 0 Å². The second-order valence-corrected chi connectivity index (χ2v) is 17.2. The van der Waals surface area contributed by atoms with E-state index in [-0.39, 0.29) is 0 Å². The van der Waals surface area contributed by atoms with E-state index < -0.39 is 15.9 Å². The fraction of sp³-hybridized carbons (Fsp3) is 0.200. The van der Waals surface area contributed by atoms with Crippen molar-refractivity contribution in [3.63, 3.8) is 0 Å². The standard InChI is InChI=1S/C15H17Cl2NOTe/c1-18(2)12-4-8-14(9-5-12)20(16,17)15-10-6-13(19-3)7-11-15/h4-11H,1-3H3. The maximum atomic E-state index is 6.72. The van der Waals surface area contributed by atoms with Crippen LogP contribution in [0.25, 0.3) is 0 Å². The Hall–Kier alpha value is -0.590. The third-order valence-corrected chi connectivity index (χ3v) is 12.7. The SMILES string of the molecule is COc1ccc([Te](Cl)(Cl)c2ccc(N(C)C)cc2)cc1. The number of methoxy groups -OCH3 is 1. The summed E-state index contributed by atoms with van der Waals surface area (Å²) in [7, 11) is 19.1. The summed E-state index contributed by atoms with van der Waals surface area (Å²) < 4.78 is 7.20. The maximum absolute atomic E-state index is 6.72. The number of nitrogens with zero attached hydrogens (tertiary/aromatic N) is 1. The summed E-state index contributed by atoms with van der Waals surface area (Å²) in [6, 6.07) is 15.9. The van der Waals surface area contributed by atoms with Crippen LogP contribution in [0, 0.1) is 0 Å². The Kier molecular flexibility index (Phi) is 5.09. The van der Waals surface area contributed by atoms with E-state index in [0.29, 0.717) is 0 Å². The van der Waals surface area contributed by atoms with Crippen LogP contribution in [0.5, 0.6) is 5.75 Å². The summed E-state index contributed by atoms with van der Waals surface area (Å²) in [5, 5.41) is 0. The number of benzene rings is 2. The van der Waals surface area contributed by atoms with E-state index >= 15 is 0 Å². The van der Waals surface area contributed by atoms with Crippen LogP contribution in [-0.4, -0.2) is 37.1 Å². The van der Waals surface area contributed by atoms with Gasteiger partial charge in [0, 0.05) is 0 Å². The molecular weight excluding hydrogens is 409 g/mol. The zero-order valence-electron chi connectivity index (χ0n) is 11.6. The Morgan fingerprint density at radius 1 is 0.850 bits per heavy atom. The zero-order chi connectivity index (χ0) is 14.8. The fourth-order valence-electron chi connectivity index (χ4n) is 1.80. The van der Waals surface area contributed by atoms with Gasteiger partial charge in [0.15, 0.2) is 0 Å². The summed E-state index contributed by atoms with van der Waals surface area (Å²) in [6.45, 7) is 0. The molecule has 0 aliphatic heterocycles. The van der Waals surface area contributed by atoms with Crippen molar-refractivity contribution in [1.82, 2.24) is 0 Å². The van der Waals surface area contributed by atoms with E-state index in [1.54, 1.807) is 7.11 Å². The van der Waals surface area contributed by atoms with Crippen LogP contribution >= 0.6 is 17.9 Å². The molecule has 0 heterocycles. The molecule has 2 aromatic carbocycles. The Balaban J connectivity index is 2.32. The van der Waals surface area contributed by atoms with Crippen molar-refractivity contribution in [2.45, 2.75) is 0 Å². The summed E-state index contributed by atoms with van der Waals surface area (Å²) >= 11 is -3.27. The van der Waals surface area contributed by atoms with Gasteiger partial charge in [-0.1, -0.05) is 0 Å². The molecule has 0 radical (unpaired) electrons. The van der Waals surface area contributed by atoms with Crippen molar-refractivity contribution in [2.24, 2.45) is 0 Å². The van der Waals surface area contributed by atoms with Crippen molar-refractivity contribution >= 4 is 46.8 Å². The predicted octanol–water partition coefficient (Wildman–Crippen LogP) is 2.80. The van der Waals surface area contributed by atoms with E-state index in [4.69, 9.17) is 22.7 Å². The van der Waals surface area contributed by atoms with Gasteiger partial charge < -0.3 is 0 Å². The molecule has 20 heavy (non-hydrogen) atoms. The molecule has 2 rings (SSSR count). The molecule has 5 heteroatoms. The van der Waals surface area contributed by atoms with Crippen LogP contribution in [0.15, 0.2) is 48.5 Å². The van der Waals surface area contributed by atoms with Crippen LogP contribution in [0.3, 0.4) is 0 Å². The van der Waals surface area contributed by atoms with Crippen LogP contribution in [-0.2, 0) is 0 Å². The van der Waals surface area contributed by atoms with Crippen LogP contribution in [0.1, 0.15) is 0 Å². The van der Waals surface area contributed by atoms with Crippen LogP contribution in [0.2, 0.25) is 0 Å². The van der Waals surface area contributed by atoms with Gasteiger partial charge >= 0.3 is 132 Å². The Bertz CT molecular complexity index is 567. The number of anilines is 1. The summed E-state index contributed by atoms with van der Waals surface area (Å²) in [4.78, 5) is 2.05. The van der Waals surface area contributed by atoms with Gasteiger partial charge in [-0.15, -0.1) is 0 Å². The first kappa shape index (κ1) is 15.8. The van der Waals surface area contributed by atoms with Crippen molar-refractivity contribution in [3.05, 3.63) is 48.5 Å². The van der Waals surface area contributed by atoms with E-state index in [2.05, 4.69) is 4.90 Å². The number of rotatable bonds is 4. The molecule has 0 N–H and O–H groups in total. The molecule has 2 nitrogen and oxygen atoms in total. The van der Waals surface area contributed by atoms with Gasteiger partial charge in [-0.3, -0.25) is 0 Å². The van der Waals surface area contributed by atoms with E-state index in [9.17, 15) is 0 Å². The van der Waals surface area contributed by atoms with Crippen molar-refractivity contribution in [1.29, 1.82) is 0 Å². The molecule has 0 unspecified atom stereocenters. The van der Waals surface area contributed by atoms with Crippen LogP contribution < -0.4 is 16.9 Å². The molecule has 0 saturated heterocycles. The molecule has 0 amide bonds. The van der Waals surface area contributed by atoms with Gasteiger partial charge in [0.25, 0.3) is 0 Å². The molecule has 0 atom stereocenters. The summed E-state index contributed by atoms with van der Waals surface area (Å²) in [6.07, 6.45) is 0. The average Bonchev–Trinajstić information content (AvgIpc) is 2.47. The minimum absolute atomic E-state index is 0.809. The third kappa shape index (κ3) is 3.35. The number of hydrogen-bond donors (Lipinski definition) is 0. The molecular formula is C15H17Cl2NOTe. The number of hydrogen-bond acceptors (Lipinski definition) is 2. The molecule has 0 spiro atoms. The van der Waals surface area contributed by atoms with Gasteiger partial charge in [-0.25, -0.2) is 0 Å². The minimum atomic E-state index is -3.27. The van der Waals surface area contributed by atoms with Gasteiger partial charge in [-0.05, 0) is 0 Å². The Morgan fingerprint density at radius 3 is 1.70 bits per heavy atom. The first-order chi connectivity index (χ1) is 9.45. The molecule has 0 aromatic heterocycles. The first-order valence-electron chi connectivity index (χ1n) is 6.09. The topological polar surface area (TPSA) is 12.5 Å². The van der Waals surface area contributed by atoms with Crippen molar-refractivity contribution in [2.75, 3.05) is 26.1 Å². The van der Waals surface area contributed by atoms with Crippen LogP contribution in [0.4, 0.5) is 5.69 Å². The molecule has 0 aliphatic rings. The van der Waals surface area contributed by atoms with E-state index in [1.165, 1.54) is 0 Å². The van der Waals surface area contributed by atoms with Crippen molar-refractivity contribution in [3.8, 4) is 5.75 Å². The molecule has 108 valence electrons. The van der Waals surface area contributed by atoms with E-state index in [1.807, 2.05) is 62.6 Å². The molecule has 0 bridgehead atoms. The van der Waals surface area contributed by atoms with Gasteiger partial charge in [-0.2, -0.15) is 0 Å². The Labute approximate surface area is 131 Å². The molecule has 0 fully saturated rings. The predicted molar refractivity (Wildman–Crippen MR) is 90.5 cm³/mol. The first-order valence-corrected chi connectivity index (χ1v) is 14.3. The Morgan fingerprint density at radius 2 is 1.30 bits per heavy atom. The quantitative estimate of drug-likeness (QED) is 0.699. The average molecular weight is 426 g/mol. The normalized spacial score (nSPS) is 12.1. The molecule has 0 saturated carbocycles. The second-order valence-electron chi connectivity index (χ2n) is 4.53. The third-order valence-electron chi connectivity index (χ3n) is 3.00. The van der Waals surface area contributed by atoms with Gasteiger partial charge in [0.1, 0.15) is 0 Å². The van der Waals surface area contributed by atoms with Crippen molar-refractivity contribution < 1.29 is 4.74 Å². The second kappa shape index (κ2) is 6.45. The summed E-state index contributed by atoms with van der Waals surface area (Å²) in [5.41, 5.74) is 1.13. The number of ether oxygens (including phenoxy) is 1. The zero-order valence-corrected chi connectivity index (χ0v) is 15.5. The summed E-state index contributed by atoms with van der Waals surface area (Å²) in [5.74, 6) is 0.809. The molecule has 2 aromatic rings. The fourth-order valence-corrected chi connectivity index (χ4v) is 8.06.